The van der Waals surface area contributed by atoms with E-state index in [0.29, 0.717) is 18.7 Å². The van der Waals surface area contributed by atoms with Crippen molar-refractivity contribution in [3.05, 3.63) is 59.8 Å². The molecule has 2 aromatic rings. The lowest BCUT2D eigenvalue weighted by Gasteiger charge is -2.15. The van der Waals surface area contributed by atoms with Crippen molar-refractivity contribution in [2.24, 2.45) is 0 Å². The molecule has 5 heteroatoms. The predicted octanol–water partition coefficient (Wildman–Crippen LogP) is 2.63. The van der Waals surface area contributed by atoms with E-state index in [0.717, 1.165) is 5.82 Å². The first-order valence-electron chi connectivity index (χ1n) is 7.25. The molecule has 0 saturated carbocycles. The number of ether oxygens (including phenoxy) is 1. The van der Waals surface area contributed by atoms with E-state index in [1.165, 1.54) is 5.56 Å². The Morgan fingerprint density at radius 3 is 2.64 bits per heavy atom. The minimum absolute atomic E-state index is 0.146. The highest BCUT2D eigenvalue weighted by Gasteiger charge is 2.08. The molecule has 1 amide bonds. The summed E-state index contributed by atoms with van der Waals surface area (Å²) in [5.74, 6) is 0.594. The van der Waals surface area contributed by atoms with Gasteiger partial charge >= 0.3 is 0 Å². The van der Waals surface area contributed by atoms with E-state index >= 15 is 0 Å². The zero-order chi connectivity index (χ0) is 15.8. The summed E-state index contributed by atoms with van der Waals surface area (Å²) in [6.45, 7) is 3.05. The number of aromatic nitrogens is 1. The lowest BCUT2D eigenvalue weighted by molar-refractivity contribution is 0.0937. The molecule has 1 atom stereocenters. The number of pyridine rings is 1. The van der Waals surface area contributed by atoms with Gasteiger partial charge in [-0.25, -0.2) is 4.98 Å². The van der Waals surface area contributed by atoms with Crippen LogP contribution in [0.3, 0.4) is 0 Å². The van der Waals surface area contributed by atoms with E-state index < -0.39 is 0 Å². The highest BCUT2D eigenvalue weighted by Crippen LogP contribution is 2.17. The zero-order valence-corrected chi connectivity index (χ0v) is 12.9. The zero-order valence-electron chi connectivity index (χ0n) is 12.9. The third kappa shape index (κ3) is 4.56. The Kier molecular flexibility index (Phi) is 5.91. The first-order valence-corrected chi connectivity index (χ1v) is 7.25. The Hall–Kier alpha value is -2.40. The van der Waals surface area contributed by atoms with Crippen LogP contribution in [0.25, 0.3) is 0 Å². The summed E-state index contributed by atoms with van der Waals surface area (Å²) in [4.78, 5) is 16.1. The maximum Gasteiger partial charge on any atom is 0.252 e. The molecule has 5 nitrogen and oxygen atoms in total. The van der Waals surface area contributed by atoms with Crippen LogP contribution in [0.1, 0.15) is 28.9 Å². The maximum atomic E-state index is 11.8. The molecule has 2 rings (SSSR count). The van der Waals surface area contributed by atoms with Crippen molar-refractivity contribution < 1.29 is 9.53 Å². The van der Waals surface area contributed by atoms with Gasteiger partial charge in [-0.15, -0.1) is 0 Å². The maximum absolute atomic E-state index is 11.8. The van der Waals surface area contributed by atoms with Crippen LogP contribution in [0.5, 0.6) is 0 Å². The number of anilines is 1. The number of carbonyl (C=O) groups is 1. The highest BCUT2D eigenvalue weighted by atomic mass is 16.5. The van der Waals surface area contributed by atoms with Gasteiger partial charge in [0.05, 0.1) is 12.2 Å². The van der Waals surface area contributed by atoms with Gasteiger partial charge in [0.25, 0.3) is 5.91 Å². The summed E-state index contributed by atoms with van der Waals surface area (Å²) >= 11 is 0. The van der Waals surface area contributed by atoms with Crippen LogP contribution in [-0.4, -0.2) is 31.2 Å². The van der Waals surface area contributed by atoms with Crippen molar-refractivity contribution in [3.63, 3.8) is 0 Å². The Bertz CT molecular complexity index is 585. The fraction of sp³-hybridized carbons (Fsp3) is 0.294. The van der Waals surface area contributed by atoms with Crippen molar-refractivity contribution in [1.29, 1.82) is 0 Å². The Morgan fingerprint density at radius 1 is 1.23 bits per heavy atom. The molecule has 0 spiro atoms. The normalized spacial score (nSPS) is 11.7. The van der Waals surface area contributed by atoms with Crippen molar-refractivity contribution in [1.82, 2.24) is 10.3 Å². The van der Waals surface area contributed by atoms with Gasteiger partial charge in [0.2, 0.25) is 0 Å². The highest BCUT2D eigenvalue weighted by molar-refractivity contribution is 5.94. The molecule has 1 aromatic carbocycles. The number of rotatable bonds is 7. The van der Waals surface area contributed by atoms with E-state index in [-0.39, 0.29) is 11.9 Å². The van der Waals surface area contributed by atoms with E-state index in [2.05, 4.69) is 34.7 Å². The van der Waals surface area contributed by atoms with E-state index in [1.54, 1.807) is 19.4 Å². The number of methoxy groups -OCH3 is 1. The molecule has 0 aliphatic heterocycles. The number of nitrogens with zero attached hydrogens (tertiary/aromatic N) is 1. The van der Waals surface area contributed by atoms with Crippen LogP contribution >= 0.6 is 0 Å². The summed E-state index contributed by atoms with van der Waals surface area (Å²) < 4.78 is 4.89. The second kappa shape index (κ2) is 8.14. The van der Waals surface area contributed by atoms with Crippen LogP contribution in [0.2, 0.25) is 0 Å². The summed E-state index contributed by atoms with van der Waals surface area (Å²) in [5.41, 5.74) is 1.72. The molecule has 0 bridgehead atoms. The average Bonchev–Trinajstić information content (AvgIpc) is 2.56. The second-order valence-corrected chi connectivity index (χ2v) is 4.96. The molecule has 1 aromatic heterocycles. The van der Waals surface area contributed by atoms with Gasteiger partial charge in [0.1, 0.15) is 5.82 Å². The lowest BCUT2D eigenvalue weighted by atomic mass is 10.1. The van der Waals surface area contributed by atoms with Gasteiger partial charge in [0, 0.05) is 25.9 Å². The number of hydrogen-bond acceptors (Lipinski definition) is 4. The molecular weight excluding hydrogens is 278 g/mol. The van der Waals surface area contributed by atoms with Gasteiger partial charge in [-0.05, 0) is 24.6 Å². The fourth-order valence-corrected chi connectivity index (χ4v) is 2.03. The third-order valence-electron chi connectivity index (χ3n) is 3.28. The van der Waals surface area contributed by atoms with Crippen molar-refractivity contribution in [2.75, 3.05) is 25.6 Å². The molecule has 116 valence electrons. The average molecular weight is 299 g/mol. The van der Waals surface area contributed by atoms with Crippen LogP contribution in [0, 0.1) is 0 Å². The van der Waals surface area contributed by atoms with E-state index in [4.69, 9.17) is 4.74 Å². The standard InChI is InChI=1S/C17H21N3O2/c1-13(14-6-4-3-5-7-14)20-16-9-8-15(12-19-16)17(21)18-10-11-22-2/h3-9,12-13H,10-11H2,1-2H3,(H,18,21)(H,19,20). The van der Waals surface area contributed by atoms with E-state index in [1.807, 2.05) is 24.3 Å². The molecule has 0 aliphatic carbocycles. The lowest BCUT2D eigenvalue weighted by Crippen LogP contribution is -2.27. The van der Waals surface area contributed by atoms with Crippen LogP contribution in [-0.2, 0) is 4.74 Å². The van der Waals surface area contributed by atoms with Gasteiger partial charge in [0.15, 0.2) is 0 Å². The molecule has 0 aliphatic rings. The Labute approximate surface area is 130 Å². The van der Waals surface area contributed by atoms with Crippen molar-refractivity contribution in [2.45, 2.75) is 13.0 Å². The first kappa shape index (κ1) is 16.0. The topological polar surface area (TPSA) is 63.2 Å². The Balaban J connectivity index is 1.93. The first-order chi connectivity index (χ1) is 10.7. The minimum atomic E-state index is -0.146. The summed E-state index contributed by atoms with van der Waals surface area (Å²) in [6.07, 6.45) is 1.57. The predicted molar refractivity (Wildman–Crippen MR) is 86.9 cm³/mol. The van der Waals surface area contributed by atoms with Gasteiger partial charge < -0.3 is 15.4 Å². The minimum Gasteiger partial charge on any atom is -0.383 e. The summed E-state index contributed by atoms with van der Waals surface area (Å²) in [6, 6.07) is 13.9. The second-order valence-electron chi connectivity index (χ2n) is 4.96. The van der Waals surface area contributed by atoms with Crippen LogP contribution in [0.15, 0.2) is 48.7 Å². The van der Waals surface area contributed by atoms with Gasteiger partial charge in [-0.2, -0.15) is 0 Å². The SMILES string of the molecule is COCCNC(=O)c1ccc(NC(C)c2ccccc2)nc1. The summed E-state index contributed by atoms with van der Waals surface area (Å²) in [5, 5.41) is 6.08. The molecule has 1 unspecified atom stereocenters. The van der Waals surface area contributed by atoms with Gasteiger partial charge in [-0.3, -0.25) is 4.79 Å². The number of amides is 1. The third-order valence-corrected chi connectivity index (χ3v) is 3.28. The number of nitrogens with one attached hydrogen (secondary N) is 2. The number of carbonyl (C=O) groups excluding carboxylic acids is 1. The molecular formula is C17H21N3O2. The Morgan fingerprint density at radius 2 is 2.00 bits per heavy atom. The monoisotopic (exact) mass is 299 g/mol. The molecule has 22 heavy (non-hydrogen) atoms. The van der Waals surface area contributed by atoms with E-state index in [9.17, 15) is 4.79 Å². The summed E-state index contributed by atoms with van der Waals surface area (Å²) in [7, 11) is 1.60. The largest absolute Gasteiger partial charge is 0.383 e. The fourth-order valence-electron chi connectivity index (χ4n) is 2.03. The molecule has 0 fully saturated rings. The van der Waals surface area contributed by atoms with Crippen LogP contribution in [0.4, 0.5) is 5.82 Å². The molecule has 0 radical (unpaired) electrons. The van der Waals surface area contributed by atoms with Gasteiger partial charge in [-0.1, -0.05) is 30.3 Å². The number of benzene rings is 1. The molecule has 2 N–H and O–H groups in total. The van der Waals surface area contributed by atoms with Crippen LogP contribution < -0.4 is 10.6 Å². The smallest absolute Gasteiger partial charge is 0.252 e. The quantitative estimate of drug-likeness (QED) is 0.772. The van der Waals surface area contributed by atoms with Crippen molar-refractivity contribution >= 4 is 11.7 Å². The van der Waals surface area contributed by atoms with Crippen molar-refractivity contribution in [3.8, 4) is 0 Å². The molecule has 1 heterocycles. The molecule has 0 saturated heterocycles. The number of hydrogen-bond donors (Lipinski definition) is 2.